The molecule has 120 valence electrons. The van der Waals surface area contributed by atoms with E-state index in [2.05, 4.69) is 11.1 Å². The van der Waals surface area contributed by atoms with E-state index in [1.807, 2.05) is 28.9 Å². The normalized spacial score (nSPS) is 23.5. The van der Waals surface area contributed by atoms with Gasteiger partial charge in [0.1, 0.15) is 5.03 Å². The van der Waals surface area contributed by atoms with Gasteiger partial charge in [0.15, 0.2) is 0 Å². The molecule has 2 heterocycles. The number of likely N-dealkylation sites (tertiary alicyclic amines) is 1. The number of pyridine rings is 1. The van der Waals surface area contributed by atoms with Crippen molar-refractivity contribution in [2.24, 2.45) is 0 Å². The lowest BCUT2D eigenvalue weighted by Gasteiger charge is -2.36. The van der Waals surface area contributed by atoms with Crippen molar-refractivity contribution >= 4 is 17.7 Å². The van der Waals surface area contributed by atoms with Crippen LogP contribution in [-0.2, 0) is 4.79 Å². The van der Waals surface area contributed by atoms with Crippen molar-refractivity contribution in [2.75, 3.05) is 6.54 Å². The number of amides is 1. The van der Waals surface area contributed by atoms with E-state index in [1.54, 1.807) is 6.92 Å². The Morgan fingerprint density at radius 2 is 1.95 bits per heavy atom. The molecule has 1 aromatic rings. The maximum absolute atomic E-state index is 12.0. The SMILES string of the molecule is CC(=O)N1CCCC[C@@H]1c1cccnc1SC1CCCCC1. The quantitative estimate of drug-likeness (QED) is 0.818. The third-order valence-corrected chi connectivity index (χ3v) is 6.27. The van der Waals surface area contributed by atoms with E-state index in [9.17, 15) is 4.79 Å². The maximum atomic E-state index is 12.0. The molecule has 22 heavy (non-hydrogen) atoms. The van der Waals surface area contributed by atoms with E-state index in [-0.39, 0.29) is 11.9 Å². The van der Waals surface area contributed by atoms with E-state index >= 15 is 0 Å². The number of rotatable bonds is 3. The van der Waals surface area contributed by atoms with Gasteiger partial charge in [-0.05, 0) is 38.2 Å². The molecule has 1 saturated carbocycles. The van der Waals surface area contributed by atoms with Crippen LogP contribution in [0.5, 0.6) is 0 Å². The summed E-state index contributed by atoms with van der Waals surface area (Å²) in [5.74, 6) is 0.196. The van der Waals surface area contributed by atoms with Crippen LogP contribution >= 0.6 is 11.8 Å². The van der Waals surface area contributed by atoms with Gasteiger partial charge in [-0.2, -0.15) is 0 Å². The number of nitrogens with zero attached hydrogens (tertiary/aromatic N) is 2. The fourth-order valence-corrected chi connectivity index (χ4v) is 5.07. The van der Waals surface area contributed by atoms with Crippen LogP contribution in [0.3, 0.4) is 0 Å². The van der Waals surface area contributed by atoms with Crippen LogP contribution in [0.15, 0.2) is 23.4 Å². The Labute approximate surface area is 137 Å². The molecule has 3 rings (SSSR count). The molecule has 1 aliphatic carbocycles. The van der Waals surface area contributed by atoms with E-state index in [0.29, 0.717) is 5.25 Å². The Morgan fingerprint density at radius 3 is 2.73 bits per heavy atom. The zero-order valence-electron chi connectivity index (χ0n) is 13.5. The maximum Gasteiger partial charge on any atom is 0.219 e. The third kappa shape index (κ3) is 3.65. The summed E-state index contributed by atoms with van der Waals surface area (Å²) in [7, 11) is 0. The Kier molecular flexibility index (Phi) is 5.40. The molecule has 0 spiro atoms. The van der Waals surface area contributed by atoms with Crippen molar-refractivity contribution in [2.45, 2.75) is 74.6 Å². The average Bonchev–Trinajstić information content (AvgIpc) is 2.56. The zero-order valence-corrected chi connectivity index (χ0v) is 14.3. The molecule has 4 heteroatoms. The minimum Gasteiger partial charge on any atom is -0.336 e. The summed E-state index contributed by atoms with van der Waals surface area (Å²) in [6.45, 7) is 2.59. The summed E-state index contributed by atoms with van der Waals surface area (Å²) in [5, 5.41) is 1.87. The number of aromatic nitrogens is 1. The van der Waals surface area contributed by atoms with Crippen molar-refractivity contribution in [3.05, 3.63) is 23.9 Å². The number of hydrogen-bond donors (Lipinski definition) is 0. The smallest absolute Gasteiger partial charge is 0.219 e. The minimum atomic E-state index is 0.196. The van der Waals surface area contributed by atoms with E-state index in [1.165, 1.54) is 44.1 Å². The highest BCUT2D eigenvalue weighted by atomic mass is 32.2. The molecule has 1 aromatic heterocycles. The molecule has 0 radical (unpaired) electrons. The molecule has 1 atom stereocenters. The van der Waals surface area contributed by atoms with Gasteiger partial charge in [0.2, 0.25) is 5.91 Å². The van der Waals surface area contributed by atoms with Gasteiger partial charge in [0.05, 0.1) is 6.04 Å². The van der Waals surface area contributed by atoms with Gasteiger partial charge in [-0.3, -0.25) is 4.79 Å². The summed E-state index contributed by atoms with van der Waals surface area (Å²) in [6.07, 6.45) is 12.0. The van der Waals surface area contributed by atoms with Crippen molar-refractivity contribution < 1.29 is 4.79 Å². The predicted molar refractivity (Wildman–Crippen MR) is 90.9 cm³/mol. The van der Waals surface area contributed by atoms with Crippen molar-refractivity contribution in [1.82, 2.24) is 9.88 Å². The largest absolute Gasteiger partial charge is 0.336 e. The van der Waals surface area contributed by atoms with Gasteiger partial charge < -0.3 is 4.90 Å². The van der Waals surface area contributed by atoms with Crippen LogP contribution in [0.25, 0.3) is 0 Å². The molecule has 0 unspecified atom stereocenters. The first-order valence-corrected chi connectivity index (χ1v) is 9.52. The van der Waals surface area contributed by atoms with Gasteiger partial charge >= 0.3 is 0 Å². The first-order chi connectivity index (χ1) is 10.8. The van der Waals surface area contributed by atoms with Gasteiger partial charge in [-0.1, -0.05) is 25.3 Å². The van der Waals surface area contributed by atoms with Crippen LogP contribution in [-0.4, -0.2) is 27.6 Å². The molecule has 1 aliphatic heterocycles. The van der Waals surface area contributed by atoms with Crippen molar-refractivity contribution in [3.8, 4) is 0 Å². The molecular formula is C18H26N2OS. The summed E-state index contributed by atoms with van der Waals surface area (Å²) in [6, 6.07) is 4.43. The number of thioether (sulfide) groups is 1. The second-order valence-corrected chi connectivity index (χ2v) is 7.79. The monoisotopic (exact) mass is 318 g/mol. The lowest BCUT2D eigenvalue weighted by molar-refractivity contribution is -0.132. The summed E-state index contributed by atoms with van der Waals surface area (Å²) in [5.41, 5.74) is 1.27. The highest BCUT2D eigenvalue weighted by molar-refractivity contribution is 7.99. The van der Waals surface area contributed by atoms with Crippen LogP contribution < -0.4 is 0 Å². The minimum absolute atomic E-state index is 0.196. The second kappa shape index (κ2) is 7.49. The van der Waals surface area contributed by atoms with Gasteiger partial charge in [-0.15, -0.1) is 11.8 Å². The summed E-state index contributed by atoms with van der Waals surface area (Å²) < 4.78 is 0. The standard InChI is InChI=1S/C18H26N2OS/c1-14(21)20-13-6-5-11-17(20)16-10-7-12-19-18(16)22-15-8-3-2-4-9-15/h7,10,12,15,17H,2-6,8-9,11,13H2,1H3/t17-/m1/s1. The number of hydrogen-bond acceptors (Lipinski definition) is 3. The van der Waals surface area contributed by atoms with Crippen LogP contribution in [0.4, 0.5) is 0 Å². The lowest BCUT2D eigenvalue weighted by Crippen LogP contribution is -2.37. The molecule has 2 fully saturated rings. The molecule has 2 aliphatic rings. The highest BCUT2D eigenvalue weighted by Crippen LogP contribution is 2.39. The molecular weight excluding hydrogens is 292 g/mol. The van der Waals surface area contributed by atoms with E-state index in [0.717, 1.165) is 24.4 Å². The molecule has 1 amide bonds. The lowest BCUT2D eigenvalue weighted by atomic mass is 9.96. The Balaban J connectivity index is 1.81. The number of carbonyl (C=O) groups is 1. The van der Waals surface area contributed by atoms with Gasteiger partial charge in [-0.25, -0.2) is 4.98 Å². The van der Waals surface area contributed by atoms with Crippen LogP contribution in [0, 0.1) is 0 Å². The number of piperidine rings is 1. The number of carbonyl (C=O) groups excluding carboxylic acids is 1. The molecule has 0 N–H and O–H groups in total. The van der Waals surface area contributed by atoms with E-state index < -0.39 is 0 Å². The average molecular weight is 318 g/mol. The summed E-state index contributed by atoms with van der Waals surface area (Å²) in [4.78, 5) is 18.7. The van der Waals surface area contributed by atoms with Crippen LogP contribution in [0.1, 0.15) is 69.9 Å². The second-order valence-electron chi connectivity index (χ2n) is 6.50. The predicted octanol–water partition coefficient (Wildman–Crippen LogP) is 4.58. The van der Waals surface area contributed by atoms with Gasteiger partial charge in [0, 0.05) is 30.5 Å². The molecule has 0 bridgehead atoms. The third-order valence-electron chi connectivity index (χ3n) is 4.90. The van der Waals surface area contributed by atoms with Crippen LogP contribution in [0.2, 0.25) is 0 Å². The van der Waals surface area contributed by atoms with Crippen molar-refractivity contribution in [3.63, 3.8) is 0 Å². The first-order valence-electron chi connectivity index (χ1n) is 8.64. The molecule has 0 aromatic carbocycles. The Hall–Kier alpha value is -1.03. The summed E-state index contributed by atoms with van der Waals surface area (Å²) >= 11 is 1.95. The fourth-order valence-electron chi connectivity index (χ4n) is 3.73. The Bertz CT molecular complexity index is 514. The topological polar surface area (TPSA) is 33.2 Å². The highest BCUT2D eigenvalue weighted by Gasteiger charge is 2.29. The fraction of sp³-hybridized carbons (Fsp3) is 0.667. The zero-order chi connectivity index (χ0) is 15.4. The molecule has 3 nitrogen and oxygen atoms in total. The first kappa shape index (κ1) is 15.9. The van der Waals surface area contributed by atoms with Crippen molar-refractivity contribution in [1.29, 1.82) is 0 Å². The Morgan fingerprint density at radius 1 is 1.18 bits per heavy atom. The molecule has 1 saturated heterocycles. The van der Waals surface area contributed by atoms with E-state index in [4.69, 9.17) is 0 Å². The van der Waals surface area contributed by atoms with Gasteiger partial charge in [0.25, 0.3) is 0 Å².